The van der Waals surface area contributed by atoms with E-state index in [1.807, 2.05) is 0 Å². The number of alkyl halides is 3. The maximum absolute atomic E-state index is 12.3. The standard InChI is InChI=1S/C10H9ClF3NO2/c1-15(9(16)10(12,13)14)7-5-6(11)3-4-8(7)17-2/h3-5H,1-2H3. The first-order valence-electron chi connectivity index (χ1n) is 4.45. The number of carbonyl (C=O) groups is 1. The summed E-state index contributed by atoms with van der Waals surface area (Å²) in [6.45, 7) is 0. The zero-order valence-corrected chi connectivity index (χ0v) is 9.76. The van der Waals surface area contributed by atoms with Gasteiger partial charge < -0.3 is 9.64 Å². The van der Waals surface area contributed by atoms with Gasteiger partial charge in [0.05, 0.1) is 12.8 Å². The minimum Gasteiger partial charge on any atom is -0.495 e. The molecule has 0 atom stereocenters. The van der Waals surface area contributed by atoms with E-state index >= 15 is 0 Å². The molecule has 0 aliphatic heterocycles. The van der Waals surface area contributed by atoms with Gasteiger partial charge in [-0.25, -0.2) is 0 Å². The molecule has 0 radical (unpaired) electrons. The van der Waals surface area contributed by atoms with Gasteiger partial charge in [0.2, 0.25) is 0 Å². The molecule has 0 N–H and O–H groups in total. The quantitative estimate of drug-likeness (QED) is 0.825. The van der Waals surface area contributed by atoms with E-state index in [1.165, 1.54) is 25.3 Å². The third kappa shape index (κ3) is 3.03. The smallest absolute Gasteiger partial charge is 0.471 e. The molecule has 17 heavy (non-hydrogen) atoms. The van der Waals surface area contributed by atoms with E-state index in [1.54, 1.807) is 0 Å². The Labute approximate surface area is 101 Å². The van der Waals surface area contributed by atoms with Gasteiger partial charge in [-0.15, -0.1) is 0 Å². The van der Waals surface area contributed by atoms with Crippen molar-refractivity contribution in [2.45, 2.75) is 6.18 Å². The van der Waals surface area contributed by atoms with Gasteiger partial charge in [-0.3, -0.25) is 4.79 Å². The molecule has 0 spiro atoms. The highest BCUT2D eigenvalue weighted by Gasteiger charge is 2.42. The number of anilines is 1. The molecule has 1 rings (SSSR count). The average Bonchev–Trinajstić information content (AvgIpc) is 2.25. The monoisotopic (exact) mass is 267 g/mol. The van der Waals surface area contributed by atoms with Crippen LogP contribution in [0, 0.1) is 0 Å². The van der Waals surface area contributed by atoms with Crippen LogP contribution in [0.5, 0.6) is 5.75 Å². The maximum atomic E-state index is 12.3. The Hall–Kier alpha value is -1.43. The number of benzene rings is 1. The molecule has 0 bridgehead atoms. The molecule has 1 amide bonds. The Morgan fingerprint density at radius 1 is 1.41 bits per heavy atom. The van der Waals surface area contributed by atoms with Crippen molar-refractivity contribution >= 4 is 23.2 Å². The van der Waals surface area contributed by atoms with Crippen LogP contribution in [0.4, 0.5) is 18.9 Å². The van der Waals surface area contributed by atoms with Crippen molar-refractivity contribution in [2.24, 2.45) is 0 Å². The summed E-state index contributed by atoms with van der Waals surface area (Å²) < 4.78 is 41.6. The summed E-state index contributed by atoms with van der Waals surface area (Å²) in [6.07, 6.45) is -4.94. The Kier molecular flexibility index (Phi) is 3.87. The molecule has 1 aromatic carbocycles. The van der Waals surface area contributed by atoms with Gasteiger partial charge in [-0.1, -0.05) is 11.6 Å². The van der Waals surface area contributed by atoms with Gasteiger partial charge in [0.1, 0.15) is 5.75 Å². The Bertz CT molecular complexity index is 434. The van der Waals surface area contributed by atoms with Crippen LogP contribution in [0.2, 0.25) is 5.02 Å². The Balaban J connectivity index is 3.15. The lowest BCUT2D eigenvalue weighted by Gasteiger charge is -2.21. The summed E-state index contributed by atoms with van der Waals surface area (Å²) in [5.74, 6) is -1.85. The third-order valence-corrected chi connectivity index (χ3v) is 2.28. The molecule has 1 aromatic rings. The first-order valence-corrected chi connectivity index (χ1v) is 4.83. The van der Waals surface area contributed by atoms with Crippen molar-refractivity contribution in [1.29, 1.82) is 0 Å². The lowest BCUT2D eigenvalue weighted by atomic mass is 10.2. The van der Waals surface area contributed by atoms with E-state index in [0.29, 0.717) is 4.90 Å². The van der Waals surface area contributed by atoms with Crippen LogP contribution < -0.4 is 9.64 Å². The highest BCUT2D eigenvalue weighted by atomic mass is 35.5. The van der Waals surface area contributed by atoms with E-state index in [0.717, 1.165) is 7.05 Å². The second-order valence-electron chi connectivity index (χ2n) is 3.18. The number of hydrogen-bond acceptors (Lipinski definition) is 2. The molecule has 7 heteroatoms. The molecular formula is C10H9ClF3NO2. The molecule has 0 fully saturated rings. The molecule has 3 nitrogen and oxygen atoms in total. The number of carbonyl (C=O) groups excluding carboxylic acids is 1. The van der Waals surface area contributed by atoms with E-state index < -0.39 is 12.1 Å². The van der Waals surface area contributed by atoms with Crippen LogP contribution in [0.3, 0.4) is 0 Å². The van der Waals surface area contributed by atoms with Gasteiger partial charge in [-0.05, 0) is 18.2 Å². The molecule has 0 heterocycles. The minimum absolute atomic E-state index is 0.0395. The number of rotatable bonds is 2. The van der Waals surface area contributed by atoms with Crippen LogP contribution in [-0.2, 0) is 4.79 Å². The SMILES string of the molecule is COc1ccc(Cl)cc1N(C)C(=O)C(F)(F)F. The molecule has 0 aliphatic carbocycles. The Morgan fingerprint density at radius 3 is 2.47 bits per heavy atom. The van der Waals surface area contributed by atoms with Crippen molar-refractivity contribution in [2.75, 3.05) is 19.1 Å². The van der Waals surface area contributed by atoms with Crippen molar-refractivity contribution in [3.05, 3.63) is 23.2 Å². The van der Waals surface area contributed by atoms with Crippen LogP contribution in [-0.4, -0.2) is 26.2 Å². The van der Waals surface area contributed by atoms with Gasteiger partial charge in [0.15, 0.2) is 0 Å². The summed E-state index contributed by atoms with van der Waals surface area (Å²) >= 11 is 5.66. The highest BCUT2D eigenvalue weighted by molar-refractivity contribution is 6.31. The zero-order valence-electron chi connectivity index (χ0n) is 9.01. The van der Waals surface area contributed by atoms with Crippen molar-refractivity contribution in [3.8, 4) is 5.75 Å². The van der Waals surface area contributed by atoms with Crippen LogP contribution in [0.25, 0.3) is 0 Å². The minimum atomic E-state index is -4.94. The normalized spacial score (nSPS) is 11.2. The number of halogens is 4. The topological polar surface area (TPSA) is 29.5 Å². The lowest BCUT2D eigenvalue weighted by molar-refractivity contribution is -0.170. The third-order valence-electron chi connectivity index (χ3n) is 2.05. The summed E-state index contributed by atoms with van der Waals surface area (Å²) in [5.41, 5.74) is -0.0395. The first kappa shape index (κ1) is 13.6. The van der Waals surface area contributed by atoms with E-state index in [9.17, 15) is 18.0 Å². The first-order chi connectivity index (χ1) is 7.77. The predicted octanol–water partition coefficient (Wildman–Crippen LogP) is 2.87. The predicted molar refractivity (Wildman–Crippen MR) is 57.5 cm³/mol. The van der Waals surface area contributed by atoms with Crippen LogP contribution in [0.15, 0.2) is 18.2 Å². The summed E-state index contributed by atoms with van der Waals surface area (Å²) in [5, 5.41) is 0.211. The van der Waals surface area contributed by atoms with Crippen molar-refractivity contribution in [1.82, 2.24) is 0 Å². The molecule has 94 valence electrons. The fourth-order valence-electron chi connectivity index (χ4n) is 1.22. The van der Waals surface area contributed by atoms with Crippen LogP contribution >= 0.6 is 11.6 Å². The number of ether oxygens (including phenoxy) is 1. The lowest BCUT2D eigenvalue weighted by Crippen LogP contribution is -2.38. The van der Waals surface area contributed by atoms with E-state index in [4.69, 9.17) is 16.3 Å². The Morgan fingerprint density at radius 2 is 2.00 bits per heavy atom. The zero-order chi connectivity index (χ0) is 13.2. The van der Waals surface area contributed by atoms with Gasteiger partial charge in [0, 0.05) is 12.1 Å². The maximum Gasteiger partial charge on any atom is 0.471 e. The van der Waals surface area contributed by atoms with Gasteiger partial charge in [-0.2, -0.15) is 13.2 Å². The molecule has 0 aromatic heterocycles. The number of nitrogens with zero attached hydrogens (tertiary/aromatic N) is 1. The van der Waals surface area contributed by atoms with E-state index in [-0.39, 0.29) is 16.5 Å². The van der Waals surface area contributed by atoms with Crippen molar-refractivity contribution < 1.29 is 22.7 Å². The fourth-order valence-corrected chi connectivity index (χ4v) is 1.39. The summed E-state index contributed by atoms with van der Waals surface area (Å²) in [6, 6.07) is 4.07. The van der Waals surface area contributed by atoms with Crippen LogP contribution in [0.1, 0.15) is 0 Å². The number of hydrogen-bond donors (Lipinski definition) is 0. The molecule has 0 aliphatic rings. The number of amides is 1. The molecule has 0 unspecified atom stereocenters. The largest absolute Gasteiger partial charge is 0.495 e. The van der Waals surface area contributed by atoms with Gasteiger partial charge >= 0.3 is 12.1 Å². The van der Waals surface area contributed by atoms with Crippen molar-refractivity contribution in [3.63, 3.8) is 0 Å². The number of methoxy groups -OCH3 is 1. The fraction of sp³-hybridized carbons (Fsp3) is 0.300. The van der Waals surface area contributed by atoms with Gasteiger partial charge in [0.25, 0.3) is 0 Å². The average molecular weight is 268 g/mol. The second-order valence-corrected chi connectivity index (χ2v) is 3.61. The second kappa shape index (κ2) is 4.83. The molecule has 0 saturated carbocycles. The molecular weight excluding hydrogens is 259 g/mol. The summed E-state index contributed by atoms with van der Waals surface area (Å²) in [7, 11) is 2.29. The summed E-state index contributed by atoms with van der Waals surface area (Å²) in [4.78, 5) is 11.5. The highest BCUT2D eigenvalue weighted by Crippen LogP contribution is 2.32. The molecule has 0 saturated heterocycles. The van der Waals surface area contributed by atoms with E-state index in [2.05, 4.69) is 0 Å².